The predicted molar refractivity (Wildman–Crippen MR) is 136 cm³/mol. The number of β-amino-alcohol motifs (C(OH)–C–C–N with tert-alkyl or cyclic N) is 1. The Bertz CT molecular complexity index is 1190. The Morgan fingerprint density at radius 2 is 2.14 bits per heavy atom. The molecule has 0 unspecified atom stereocenters. The van der Waals surface area contributed by atoms with E-state index in [4.69, 9.17) is 9.15 Å². The third kappa shape index (κ3) is 6.12. The van der Waals surface area contributed by atoms with Gasteiger partial charge in [0.05, 0.1) is 11.8 Å². The number of hydrogen-bond acceptors (Lipinski definition) is 8. The molecule has 1 aromatic carbocycles. The molecule has 36 heavy (non-hydrogen) atoms. The minimum atomic E-state index is -0.544. The molecule has 0 radical (unpaired) electrons. The predicted octanol–water partition coefficient (Wildman–Crippen LogP) is 4.30. The topological polar surface area (TPSA) is 101 Å². The Morgan fingerprint density at radius 1 is 1.25 bits per heavy atom. The zero-order valence-electron chi connectivity index (χ0n) is 20.8. The van der Waals surface area contributed by atoms with E-state index in [1.54, 1.807) is 12.3 Å². The van der Waals surface area contributed by atoms with Gasteiger partial charge in [0.15, 0.2) is 17.9 Å². The van der Waals surface area contributed by atoms with Gasteiger partial charge in [0, 0.05) is 43.9 Å². The van der Waals surface area contributed by atoms with Crippen LogP contribution in [0, 0.1) is 6.92 Å². The molecule has 5 rings (SSSR count). The third-order valence-corrected chi connectivity index (χ3v) is 7.20. The molecule has 2 aliphatic rings. The van der Waals surface area contributed by atoms with Crippen LogP contribution in [-0.4, -0.2) is 51.0 Å². The number of oxazole rings is 1. The van der Waals surface area contributed by atoms with Crippen LogP contribution in [0.2, 0.25) is 0 Å². The number of nitrogens with one attached hydrogen (secondary N) is 1. The highest BCUT2D eigenvalue weighted by Crippen LogP contribution is 2.26. The summed E-state index contributed by atoms with van der Waals surface area (Å²) in [6.45, 7) is 4.46. The van der Waals surface area contributed by atoms with Gasteiger partial charge in [0.2, 0.25) is 0 Å². The monoisotopic (exact) mass is 490 g/mol. The second-order valence-corrected chi connectivity index (χ2v) is 9.88. The Hall–Kier alpha value is -3.23. The zero-order valence-corrected chi connectivity index (χ0v) is 20.8. The number of carbonyl (C=O) groups excluding carboxylic acids is 1. The molecule has 190 valence electrons. The number of ketones is 1. The van der Waals surface area contributed by atoms with Gasteiger partial charge in [-0.2, -0.15) is 0 Å². The van der Waals surface area contributed by atoms with Crippen molar-refractivity contribution < 1.29 is 19.1 Å². The average molecular weight is 491 g/mol. The average Bonchev–Trinajstić information content (AvgIpc) is 3.28. The standard InChI is InChI=1S/C28H34N4O4/c1-19-27(36-18-30-19)17-35-25-7-5-22-15-32(12-10-20(22)13-25)16-24(33)6-8-26(34)21-9-11-29-28(14-21)31-23-3-2-4-23/h5,7,9,11,13-14,18,23-24,33H,2-4,6,8,10,12,15-17H2,1H3,(H,29,31)/t24-/m0/s1. The fourth-order valence-corrected chi connectivity index (χ4v) is 4.72. The smallest absolute Gasteiger partial charge is 0.181 e. The number of pyridine rings is 1. The molecular formula is C28H34N4O4. The first-order valence-electron chi connectivity index (χ1n) is 12.8. The Balaban J connectivity index is 1.07. The number of carbonyl (C=O) groups is 1. The van der Waals surface area contributed by atoms with Crippen LogP contribution in [0.3, 0.4) is 0 Å². The largest absolute Gasteiger partial charge is 0.486 e. The van der Waals surface area contributed by atoms with Gasteiger partial charge in [-0.3, -0.25) is 9.69 Å². The van der Waals surface area contributed by atoms with Crippen molar-refractivity contribution >= 4 is 11.6 Å². The molecule has 3 aromatic rings. The lowest BCUT2D eigenvalue weighted by Crippen LogP contribution is -2.36. The molecule has 1 aliphatic carbocycles. The van der Waals surface area contributed by atoms with Crippen molar-refractivity contribution in [1.29, 1.82) is 0 Å². The summed E-state index contributed by atoms with van der Waals surface area (Å²) >= 11 is 0. The van der Waals surface area contributed by atoms with E-state index in [2.05, 4.69) is 32.3 Å². The Labute approximate surface area is 211 Å². The molecule has 2 N–H and O–H groups in total. The highest BCUT2D eigenvalue weighted by Gasteiger charge is 2.21. The highest BCUT2D eigenvalue weighted by molar-refractivity contribution is 5.96. The zero-order chi connectivity index (χ0) is 24.9. The molecule has 1 fully saturated rings. The molecule has 3 heterocycles. The van der Waals surface area contributed by atoms with Crippen LogP contribution in [0.25, 0.3) is 0 Å². The van der Waals surface area contributed by atoms with Crippen LogP contribution < -0.4 is 10.1 Å². The molecule has 0 amide bonds. The van der Waals surface area contributed by atoms with Gasteiger partial charge >= 0.3 is 0 Å². The van der Waals surface area contributed by atoms with E-state index in [0.29, 0.717) is 37.6 Å². The second-order valence-electron chi connectivity index (χ2n) is 9.88. The van der Waals surface area contributed by atoms with Crippen molar-refractivity contribution in [2.45, 2.75) is 70.7 Å². The summed E-state index contributed by atoms with van der Waals surface area (Å²) < 4.78 is 11.2. The van der Waals surface area contributed by atoms with Gasteiger partial charge in [0.25, 0.3) is 0 Å². The first-order valence-corrected chi connectivity index (χ1v) is 12.8. The Morgan fingerprint density at radius 3 is 2.92 bits per heavy atom. The van der Waals surface area contributed by atoms with E-state index in [1.807, 2.05) is 19.1 Å². The molecular weight excluding hydrogens is 456 g/mol. The number of fused-ring (bicyclic) bond motifs is 1. The maximum Gasteiger partial charge on any atom is 0.181 e. The number of rotatable bonds is 11. The molecule has 1 atom stereocenters. The van der Waals surface area contributed by atoms with Crippen LogP contribution in [-0.2, 0) is 19.6 Å². The van der Waals surface area contributed by atoms with Gasteiger partial charge < -0.3 is 19.6 Å². The lowest BCUT2D eigenvalue weighted by Gasteiger charge is -2.30. The van der Waals surface area contributed by atoms with Gasteiger partial charge in [-0.05, 0) is 74.4 Å². The number of hydrogen-bond donors (Lipinski definition) is 2. The molecule has 0 bridgehead atoms. The van der Waals surface area contributed by atoms with Gasteiger partial charge in [0.1, 0.15) is 18.2 Å². The number of aliphatic hydroxyl groups excluding tert-OH is 1. The van der Waals surface area contributed by atoms with Crippen molar-refractivity contribution in [3.63, 3.8) is 0 Å². The second kappa shape index (κ2) is 11.2. The number of aryl methyl sites for hydroxylation is 1. The summed E-state index contributed by atoms with van der Waals surface area (Å²) in [6, 6.07) is 10.2. The summed E-state index contributed by atoms with van der Waals surface area (Å²) in [6.07, 6.45) is 7.80. The number of ether oxygens (including phenoxy) is 1. The van der Waals surface area contributed by atoms with Crippen LogP contribution >= 0.6 is 0 Å². The van der Waals surface area contributed by atoms with Crippen LogP contribution in [0.15, 0.2) is 47.3 Å². The first kappa shape index (κ1) is 24.5. The first-order chi connectivity index (χ1) is 17.5. The van der Waals surface area contributed by atoms with E-state index in [1.165, 1.54) is 23.9 Å². The molecule has 1 aliphatic heterocycles. The van der Waals surface area contributed by atoms with E-state index in [-0.39, 0.29) is 5.78 Å². The maximum atomic E-state index is 12.7. The van der Waals surface area contributed by atoms with Crippen molar-refractivity contribution in [3.05, 3.63) is 71.1 Å². The van der Waals surface area contributed by atoms with Crippen molar-refractivity contribution in [3.8, 4) is 5.75 Å². The maximum absolute atomic E-state index is 12.7. The number of nitrogens with zero attached hydrogens (tertiary/aromatic N) is 3. The summed E-state index contributed by atoms with van der Waals surface area (Å²) in [5, 5.41) is 14.0. The van der Waals surface area contributed by atoms with Crippen LogP contribution in [0.1, 0.15) is 65.0 Å². The lowest BCUT2D eigenvalue weighted by molar-refractivity contribution is 0.0836. The molecule has 1 saturated carbocycles. The van der Waals surface area contributed by atoms with E-state index in [0.717, 1.165) is 55.4 Å². The number of aliphatic hydroxyl groups is 1. The number of benzene rings is 1. The van der Waals surface area contributed by atoms with Crippen LogP contribution in [0.4, 0.5) is 5.82 Å². The molecule has 0 saturated heterocycles. The van der Waals surface area contributed by atoms with Crippen LogP contribution in [0.5, 0.6) is 5.75 Å². The quantitative estimate of drug-likeness (QED) is 0.384. The minimum absolute atomic E-state index is 0.0464. The number of aromatic nitrogens is 2. The molecule has 8 nitrogen and oxygen atoms in total. The molecule has 2 aromatic heterocycles. The lowest BCUT2D eigenvalue weighted by atomic mass is 9.93. The third-order valence-electron chi connectivity index (χ3n) is 7.20. The fourth-order valence-electron chi connectivity index (χ4n) is 4.72. The van der Waals surface area contributed by atoms with Crippen molar-refractivity contribution in [1.82, 2.24) is 14.9 Å². The number of Topliss-reactive ketones (excluding diaryl/α,β-unsaturated/α-hetero) is 1. The Kier molecular flexibility index (Phi) is 7.63. The molecule has 8 heteroatoms. The molecule has 0 spiro atoms. The van der Waals surface area contributed by atoms with E-state index < -0.39 is 6.10 Å². The van der Waals surface area contributed by atoms with Gasteiger partial charge in [-0.15, -0.1) is 0 Å². The fraction of sp³-hybridized carbons (Fsp3) is 0.464. The van der Waals surface area contributed by atoms with Gasteiger partial charge in [-0.1, -0.05) is 6.07 Å². The summed E-state index contributed by atoms with van der Waals surface area (Å²) in [5.41, 5.74) is 4.01. The summed E-state index contributed by atoms with van der Waals surface area (Å²) in [7, 11) is 0. The highest BCUT2D eigenvalue weighted by atomic mass is 16.5. The van der Waals surface area contributed by atoms with E-state index in [9.17, 15) is 9.90 Å². The van der Waals surface area contributed by atoms with Crippen molar-refractivity contribution in [2.75, 3.05) is 18.4 Å². The minimum Gasteiger partial charge on any atom is -0.486 e. The SMILES string of the molecule is Cc1ncoc1COc1ccc2c(c1)CCN(C[C@@H](O)CCC(=O)c1ccnc(NC3CCC3)c1)C2. The van der Waals surface area contributed by atoms with Crippen molar-refractivity contribution in [2.24, 2.45) is 0 Å². The number of anilines is 1. The van der Waals surface area contributed by atoms with Gasteiger partial charge in [-0.25, -0.2) is 9.97 Å². The van der Waals surface area contributed by atoms with E-state index >= 15 is 0 Å². The summed E-state index contributed by atoms with van der Waals surface area (Å²) in [4.78, 5) is 23.4. The normalized spacial score (nSPS) is 16.7. The summed E-state index contributed by atoms with van der Waals surface area (Å²) in [5.74, 6) is 2.37.